The van der Waals surface area contributed by atoms with Crippen LogP contribution in [0.25, 0.3) is 16.9 Å². The molecular formula is C28H32FN7O4. The third-order valence-electron chi connectivity index (χ3n) is 7.40. The summed E-state index contributed by atoms with van der Waals surface area (Å²) in [6, 6.07) is 9.27. The zero-order valence-corrected chi connectivity index (χ0v) is 22.4. The predicted molar refractivity (Wildman–Crippen MR) is 144 cm³/mol. The summed E-state index contributed by atoms with van der Waals surface area (Å²) in [5.74, 6) is -0.297. The molecule has 0 spiro atoms. The average molecular weight is 550 g/mol. The first kappa shape index (κ1) is 27.5. The Morgan fingerprint density at radius 2 is 2.05 bits per heavy atom. The number of aromatic nitrogens is 3. The number of nitrogens with zero attached hydrogens (tertiary/aromatic N) is 4. The lowest BCUT2D eigenvalue weighted by molar-refractivity contribution is -0.145. The van der Waals surface area contributed by atoms with Gasteiger partial charge in [-0.05, 0) is 56.9 Å². The minimum Gasteiger partial charge on any atom is -0.387 e. The molecule has 5 rings (SSSR count). The zero-order chi connectivity index (χ0) is 28.4. The standard InChI is InChI=1S/C28H32FN7O4/c1-28(2,39)25(29)15-33-26(37)20-14-31-22(23-4-3-19-9-17(11-30)13-34-36(19)23)10-21(20)35-18-7-16(8-18)12-32-27(38)24-5-6-40-24/h3-4,9-10,13-14,16,18,24-25,39H,5-8,12,15H2,1-2H3,(H,31,35)(H,32,38)(H,33,37)/t16?,18?,24?,25-/m1/s1. The summed E-state index contributed by atoms with van der Waals surface area (Å²) in [7, 11) is 0. The summed E-state index contributed by atoms with van der Waals surface area (Å²) < 4.78 is 21.2. The molecule has 4 heterocycles. The highest BCUT2D eigenvalue weighted by molar-refractivity contribution is 6.00. The Hall–Kier alpha value is -4.08. The zero-order valence-electron chi connectivity index (χ0n) is 22.4. The lowest BCUT2D eigenvalue weighted by Gasteiger charge is -2.37. The molecule has 12 heteroatoms. The Morgan fingerprint density at radius 1 is 1.27 bits per heavy atom. The molecule has 3 aromatic heterocycles. The number of hydrogen-bond acceptors (Lipinski definition) is 8. The Morgan fingerprint density at radius 3 is 2.73 bits per heavy atom. The maximum atomic E-state index is 14.3. The Kier molecular flexibility index (Phi) is 7.69. The molecule has 3 aromatic rings. The third-order valence-corrected chi connectivity index (χ3v) is 7.40. The second-order valence-electron chi connectivity index (χ2n) is 10.9. The quantitative estimate of drug-likeness (QED) is 0.300. The molecule has 1 unspecified atom stereocenters. The number of pyridine rings is 1. The maximum absolute atomic E-state index is 14.3. The first-order valence-corrected chi connectivity index (χ1v) is 13.3. The van der Waals surface area contributed by atoms with Gasteiger partial charge in [-0.1, -0.05) is 0 Å². The maximum Gasteiger partial charge on any atom is 0.255 e. The molecule has 1 saturated carbocycles. The van der Waals surface area contributed by atoms with E-state index in [2.05, 4.69) is 32.1 Å². The van der Waals surface area contributed by atoms with Crippen LogP contribution in [0.1, 0.15) is 49.0 Å². The average Bonchev–Trinajstić information content (AvgIpc) is 3.29. The molecule has 1 aliphatic carbocycles. The van der Waals surface area contributed by atoms with Crippen LogP contribution in [0, 0.1) is 17.2 Å². The van der Waals surface area contributed by atoms with Crippen LogP contribution in [0.3, 0.4) is 0 Å². The number of rotatable bonds is 10. The van der Waals surface area contributed by atoms with Crippen molar-refractivity contribution in [3.63, 3.8) is 0 Å². The van der Waals surface area contributed by atoms with Crippen LogP contribution >= 0.6 is 0 Å². The molecule has 2 aliphatic rings. The van der Waals surface area contributed by atoms with Gasteiger partial charge in [0.1, 0.15) is 18.3 Å². The number of ether oxygens (including phenoxy) is 1. The summed E-state index contributed by atoms with van der Waals surface area (Å²) >= 11 is 0. The number of fused-ring (bicyclic) bond motifs is 1. The molecule has 2 fully saturated rings. The van der Waals surface area contributed by atoms with Gasteiger partial charge in [0.2, 0.25) is 5.91 Å². The van der Waals surface area contributed by atoms with Gasteiger partial charge in [0.05, 0.1) is 58.7 Å². The van der Waals surface area contributed by atoms with Gasteiger partial charge in [-0.15, -0.1) is 0 Å². The van der Waals surface area contributed by atoms with E-state index in [9.17, 15) is 24.3 Å². The van der Waals surface area contributed by atoms with Crippen LogP contribution in [-0.2, 0) is 9.53 Å². The fourth-order valence-corrected chi connectivity index (χ4v) is 4.72. The molecule has 4 N–H and O–H groups in total. The Labute approximate surface area is 230 Å². The number of halogens is 1. The van der Waals surface area contributed by atoms with E-state index in [1.165, 1.54) is 26.2 Å². The lowest BCUT2D eigenvalue weighted by atomic mass is 9.80. The molecule has 210 valence electrons. The fraction of sp³-hybridized carbons (Fsp3) is 0.464. The van der Waals surface area contributed by atoms with Crippen LogP contribution in [-0.4, -0.2) is 75.1 Å². The highest BCUT2D eigenvalue weighted by atomic mass is 19.1. The summed E-state index contributed by atoms with van der Waals surface area (Å²) in [5, 5.41) is 32.3. The Balaban J connectivity index is 1.32. The third kappa shape index (κ3) is 5.90. The molecule has 0 radical (unpaired) electrons. The van der Waals surface area contributed by atoms with Crippen LogP contribution in [0.2, 0.25) is 0 Å². The van der Waals surface area contributed by atoms with Gasteiger partial charge in [-0.25, -0.2) is 8.91 Å². The topological polar surface area (TPSA) is 154 Å². The molecule has 1 aliphatic heterocycles. The second-order valence-corrected chi connectivity index (χ2v) is 10.9. The van der Waals surface area contributed by atoms with Crippen LogP contribution in [0.4, 0.5) is 10.1 Å². The van der Waals surface area contributed by atoms with E-state index in [1.807, 2.05) is 12.1 Å². The van der Waals surface area contributed by atoms with E-state index in [1.54, 1.807) is 16.6 Å². The van der Waals surface area contributed by atoms with Crippen LogP contribution in [0.15, 0.2) is 36.7 Å². The van der Waals surface area contributed by atoms with Crippen molar-refractivity contribution in [1.82, 2.24) is 25.2 Å². The van der Waals surface area contributed by atoms with Gasteiger partial charge >= 0.3 is 0 Å². The number of hydrogen-bond donors (Lipinski definition) is 4. The number of carbonyl (C=O) groups excluding carboxylic acids is 2. The SMILES string of the molecule is CC(C)(O)[C@H](F)CNC(=O)c1cnc(-c2ccc3cc(C#N)cnn23)cc1NC1CC(CNC(=O)C2CCO2)C1. The van der Waals surface area contributed by atoms with Gasteiger partial charge in [0.15, 0.2) is 0 Å². The normalized spacial score (nSPS) is 21.0. The summed E-state index contributed by atoms with van der Waals surface area (Å²) in [6.07, 6.45) is 3.26. The number of carbonyl (C=O) groups is 2. The van der Waals surface area contributed by atoms with Crippen LogP contribution < -0.4 is 16.0 Å². The van der Waals surface area contributed by atoms with Crippen molar-refractivity contribution in [2.24, 2.45) is 5.92 Å². The molecule has 0 bridgehead atoms. The van der Waals surface area contributed by atoms with Gasteiger partial charge in [0.25, 0.3) is 5.91 Å². The number of alkyl halides is 1. The van der Waals surface area contributed by atoms with E-state index < -0.39 is 17.7 Å². The molecule has 1 saturated heterocycles. The smallest absolute Gasteiger partial charge is 0.255 e. The number of amides is 2. The lowest BCUT2D eigenvalue weighted by Crippen LogP contribution is -2.47. The number of aliphatic hydroxyl groups is 1. The van der Waals surface area contributed by atoms with Crippen molar-refractivity contribution >= 4 is 23.0 Å². The van der Waals surface area contributed by atoms with Crippen molar-refractivity contribution in [3.8, 4) is 17.5 Å². The molecule has 2 atom stereocenters. The van der Waals surface area contributed by atoms with Gasteiger partial charge in [0, 0.05) is 25.2 Å². The van der Waals surface area contributed by atoms with E-state index in [0.717, 1.165) is 24.8 Å². The first-order chi connectivity index (χ1) is 19.1. The largest absolute Gasteiger partial charge is 0.387 e. The van der Waals surface area contributed by atoms with Crippen molar-refractivity contribution in [1.29, 1.82) is 5.26 Å². The summed E-state index contributed by atoms with van der Waals surface area (Å²) in [5.41, 5.74) is 1.57. The van der Waals surface area contributed by atoms with E-state index >= 15 is 0 Å². The summed E-state index contributed by atoms with van der Waals surface area (Å²) in [4.78, 5) is 29.6. The van der Waals surface area contributed by atoms with Crippen molar-refractivity contribution in [3.05, 3.63) is 47.8 Å². The number of anilines is 1. The predicted octanol–water partition coefficient (Wildman–Crippen LogP) is 2.20. The van der Waals surface area contributed by atoms with Gasteiger partial charge in [-0.3, -0.25) is 14.6 Å². The monoisotopic (exact) mass is 549 g/mol. The highest BCUT2D eigenvalue weighted by Gasteiger charge is 2.33. The molecular weight excluding hydrogens is 517 g/mol. The highest BCUT2D eigenvalue weighted by Crippen LogP contribution is 2.33. The van der Waals surface area contributed by atoms with Crippen molar-refractivity contribution < 1.29 is 23.8 Å². The van der Waals surface area contributed by atoms with Crippen molar-refractivity contribution in [2.75, 3.05) is 25.0 Å². The fourth-order valence-electron chi connectivity index (χ4n) is 4.72. The van der Waals surface area contributed by atoms with Crippen LogP contribution in [0.5, 0.6) is 0 Å². The van der Waals surface area contributed by atoms with E-state index in [4.69, 9.17) is 4.74 Å². The first-order valence-electron chi connectivity index (χ1n) is 13.3. The summed E-state index contributed by atoms with van der Waals surface area (Å²) in [6.45, 7) is 3.52. The molecule has 2 amide bonds. The van der Waals surface area contributed by atoms with Crippen molar-refractivity contribution in [2.45, 2.75) is 57.0 Å². The van der Waals surface area contributed by atoms with E-state index in [-0.39, 0.29) is 30.2 Å². The molecule has 40 heavy (non-hydrogen) atoms. The van der Waals surface area contributed by atoms with E-state index in [0.29, 0.717) is 41.7 Å². The molecule has 11 nitrogen and oxygen atoms in total. The minimum atomic E-state index is -1.65. The number of nitrogens with one attached hydrogen (secondary N) is 3. The van der Waals surface area contributed by atoms with Gasteiger partial charge in [-0.2, -0.15) is 10.4 Å². The minimum absolute atomic E-state index is 0.0642. The Bertz CT molecular complexity index is 1450. The van der Waals surface area contributed by atoms with Gasteiger partial charge < -0.3 is 25.8 Å². The number of nitriles is 1. The molecule has 0 aromatic carbocycles. The second kappa shape index (κ2) is 11.2.